The first-order valence-electron chi connectivity index (χ1n) is 8.62. The summed E-state index contributed by atoms with van der Waals surface area (Å²) < 4.78 is 30.2. The van der Waals surface area contributed by atoms with Crippen LogP contribution in [-0.4, -0.2) is 29.9 Å². The highest BCUT2D eigenvalue weighted by Crippen LogP contribution is 2.44. The molecule has 5 rings (SSSR count). The summed E-state index contributed by atoms with van der Waals surface area (Å²) in [6.45, 7) is 5.02. The minimum Gasteiger partial charge on any atom is -0.268 e. The molecule has 0 saturated heterocycles. The van der Waals surface area contributed by atoms with Crippen LogP contribution in [0.1, 0.15) is 19.5 Å². The summed E-state index contributed by atoms with van der Waals surface area (Å²) in [5, 5.41) is 12.1. The molecule has 8 heteroatoms. The van der Waals surface area contributed by atoms with Gasteiger partial charge < -0.3 is 0 Å². The third kappa shape index (κ3) is 2.43. The van der Waals surface area contributed by atoms with Crippen LogP contribution in [0.15, 0.2) is 30.7 Å². The zero-order valence-electron chi connectivity index (χ0n) is 14.8. The number of rotatable bonds is 2. The molecule has 0 bridgehead atoms. The van der Waals surface area contributed by atoms with Crippen molar-refractivity contribution in [3.05, 3.63) is 48.1 Å². The van der Waals surface area contributed by atoms with Crippen LogP contribution in [0.25, 0.3) is 33.5 Å². The molecule has 0 atom stereocenters. The van der Waals surface area contributed by atoms with E-state index in [9.17, 15) is 8.78 Å². The summed E-state index contributed by atoms with van der Waals surface area (Å²) in [6, 6.07) is 2.89. The maximum absolute atomic E-state index is 15.0. The number of nitrogens with one attached hydrogen (secondary N) is 1. The molecule has 1 aliphatic rings. The molecule has 4 aromatic heterocycles. The first-order valence-corrected chi connectivity index (χ1v) is 8.62. The van der Waals surface area contributed by atoms with Crippen molar-refractivity contribution < 1.29 is 8.78 Å². The van der Waals surface area contributed by atoms with Crippen molar-refractivity contribution in [2.45, 2.75) is 26.8 Å². The lowest BCUT2D eigenvalue weighted by Gasteiger charge is -2.16. The minimum absolute atomic E-state index is 0.0187. The number of halogens is 2. The Labute approximate surface area is 153 Å². The summed E-state index contributed by atoms with van der Waals surface area (Å²) in [6.07, 6.45) is 4.64. The van der Waals surface area contributed by atoms with Gasteiger partial charge in [0.15, 0.2) is 5.65 Å². The summed E-state index contributed by atoms with van der Waals surface area (Å²) in [7, 11) is 0. The number of aromatic amines is 1. The maximum Gasteiger partial charge on any atom is 0.155 e. The number of hydrogen-bond donors (Lipinski definition) is 1. The zero-order chi connectivity index (χ0) is 18.8. The molecule has 5 heterocycles. The van der Waals surface area contributed by atoms with E-state index in [0.717, 1.165) is 24.9 Å². The summed E-state index contributed by atoms with van der Waals surface area (Å²) in [5.74, 6) is -0.881. The molecule has 0 fully saturated rings. The van der Waals surface area contributed by atoms with Crippen LogP contribution in [0.4, 0.5) is 8.78 Å². The van der Waals surface area contributed by atoms with Gasteiger partial charge in [0.2, 0.25) is 0 Å². The Bertz CT molecular complexity index is 1170. The van der Waals surface area contributed by atoms with E-state index in [4.69, 9.17) is 5.10 Å². The minimum atomic E-state index is -0.451. The average molecular weight is 366 g/mol. The number of aromatic nitrogens is 6. The topological polar surface area (TPSA) is 72.3 Å². The third-order valence-electron chi connectivity index (χ3n) is 4.94. The van der Waals surface area contributed by atoms with Crippen LogP contribution < -0.4 is 0 Å². The van der Waals surface area contributed by atoms with Crippen LogP contribution in [0.3, 0.4) is 0 Å². The molecule has 1 aliphatic heterocycles. The second kappa shape index (κ2) is 5.42. The van der Waals surface area contributed by atoms with Crippen molar-refractivity contribution in [1.82, 2.24) is 29.9 Å². The molecule has 0 aliphatic carbocycles. The zero-order valence-corrected chi connectivity index (χ0v) is 14.8. The molecule has 1 N–H and O–H groups in total. The fourth-order valence-corrected chi connectivity index (χ4v) is 3.81. The van der Waals surface area contributed by atoms with E-state index in [1.807, 2.05) is 4.68 Å². The Morgan fingerprint density at radius 1 is 1.07 bits per heavy atom. The van der Waals surface area contributed by atoms with E-state index in [2.05, 4.69) is 34.0 Å². The lowest BCUT2D eigenvalue weighted by atomic mass is 9.88. The fraction of sp³-hybridized carbons (Fsp3) is 0.263. The second-order valence-corrected chi connectivity index (χ2v) is 7.64. The Kier molecular flexibility index (Phi) is 3.22. The predicted molar refractivity (Wildman–Crippen MR) is 95.7 cm³/mol. The second-order valence-electron chi connectivity index (χ2n) is 7.64. The first kappa shape index (κ1) is 16.0. The van der Waals surface area contributed by atoms with Crippen molar-refractivity contribution >= 4 is 11.0 Å². The van der Waals surface area contributed by atoms with Crippen LogP contribution >= 0.6 is 0 Å². The van der Waals surface area contributed by atoms with Gasteiger partial charge in [0.25, 0.3) is 0 Å². The molecule has 0 amide bonds. The number of fused-ring (bicyclic) bond motifs is 2. The molecule has 6 nitrogen and oxygen atoms in total. The molecule has 0 radical (unpaired) electrons. The maximum atomic E-state index is 15.0. The predicted octanol–water partition coefficient (Wildman–Crippen LogP) is 3.74. The summed E-state index contributed by atoms with van der Waals surface area (Å²) >= 11 is 0. The van der Waals surface area contributed by atoms with Crippen molar-refractivity contribution in [3.63, 3.8) is 0 Å². The van der Waals surface area contributed by atoms with Gasteiger partial charge in [-0.05, 0) is 24.0 Å². The SMILES string of the molecule is CC1(C)Cc2c(-c3c(F)cnc4[nH]ncc34)c(-c3ccc(F)cn3)nn2C1. The van der Waals surface area contributed by atoms with Gasteiger partial charge in [-0.1, -0.05) is 13.8 Å². The highest BCUT2D eigenvalue weighted by molar-refractivity contribution is 5.97. The van der Waals surface area contributed by atoms with E-state index in [0.29, 0.717) is 33.5 Å². The van der Waals surface area contributed by atoms with E-state index < -0.39 is 11.6 Å². The Morgan fingerprint density at radius 2 is 1.93 bits per heavy atom. The quantitative estimate of drug-likeness (QED) is 0.587. The number of hydrogen-bond acceptors (Lipinski definition) is 4. The van der Waals surface area contributed by atoms with Crippen LogP contribution in [0.5, 0.6) is 0 Å². The molecular formula is C19H16F2N6. The van der Waals surface area contributed by atoms with E-state index in [-0.39, 0.29) is 5.41 Å². The molecule has 27 heavy (non-hydrogen) atoms. The molecule has 0 spiro atoms. The van der Waals surface area contributed by atoms with Crippen LogP contribution in [0.2, 0.25) is 0 Å². The third-order valence-corrected chi connectivity index (χ3v) is 4.94. The fourth-order valence-electron chi connectivity index (χ4n) is 3.81. The van der Waals surface area contributed by atoms with Crippen molar-refractivity contribution in [2.75, 3.05) is 0 Å². The van der Waals surface area contributed by atoms with E-state index in [1.54, 1.807) is 12.3 Å². The van der Waals surface area contributed by atoms with Gasteiger partial charge in [-0.15, -0.1) is 0 Å². The van der Waals surface area contributed by atoms with Gasteiger partial charge >= 0.3 is 0 Å². The molecule has 136 valence electrons. The molecule has 0 unspecified atom stereocenters. The standard InChI is InChI=1S/C19H16F2N6/c1-19(2)5-14-16(15-11-7-24-25-18(11)23-8-12(15)21)17(26-27(14)9-19)13-4-3-10(20)6-22-13/h3-4,6-8H,5,9H2,1-2H3,(H,23,24,25). The van der Waals surface area contributed by atoms with Gasteiger partial charge in [-0.25, -0.2) is 13.8 Å². The normalized spacial score (nSPS) is 15.4. The van der Waals surface area contributed by atoms with Crippen molar-refractivity contribution in [1.29, 1.82) is 0 Å². The Hall–Kier alpha value is -3.16. The summed E-state index contributed by atoms with van der Waals surface area (Å²) in [4.78, 5) is 8.23. The lowest BCUT2D eigenvalue weighted by Crippen LogP contribution is -2.13. The van der Waals surface area contributed by atoms with Crippen LogP contribution in [0, 0.1) is 17.0 Å². The highest BCUT2D eigenvalue weighted by atomic mass is 19.1. The van der Waals surface area contributed by atoms with E-state index >= 15 is 0 Å². The van der Waals surface area contributed by atoms with Gasteiger partial charge in [-0.2, -0.15) is 10.2 Å². The number of pyridine rings is 2. The highest BCUT2D eigenvalue weighted by Gasteiger charge is 2.35. The van der Waals surface area contributed by atoms with Gasteiger partial charge in [-0.3, -0.25) is 14.8 Å². The van der Waals surface area contributed by atoms with Gasteiger partial charge in [0.1, 0.15) is 17.3 Å². The largest absolute Gasteiger partial charge is 0.268 e. The van der Waals surface area contributed by atoms with Crippen LogP contribution in [-0.2, 0) is 13.0 Å². The van der Waals surface area contributed by atoms with Gasteiger partial charge in [0, 0.05) is 28.8 Å². The number of H-pyrrole nitrogens is 1. The van der Waals surface area contributed by atoms with Gasteiger partial charge in [0.05, 0.1) is 24.3 Å². The molecule has 0 aromatic carbocycles. The smallest absolute Gasteiger partial charge is 0.155 e. The number of nitrogens with zero attached hydrogens (tertiary/aromatic N) is 5. The van der Waals surface area contributed by atoms with Crippen molar-refractivity contribution in [3.8, 4) is 22.5 Å². The molecule has 0 saturated carbocycles. The molecule has 4 aromatic rings. The average Bonchev–Trinajstić information content (AvgIpc) is 3.28. The summed E-state index contributed by atoms with van der Waals surface area (Å²) in [5.41, 5.74) is 3.56. The monoisotopic (exact) mass is 366 g/mol. The molecular weight excluding hydrogens is 350 g/mol. The first-order chi connectivity index (χ1) is 12.9. The Morgan fingerprint density at radius 3 is 2.70 bits per heavy atom. The van der Waals surface area contributed by atoms with Crippen molar-refractivity contribution in [2.24, 2.45) is 5.41 Å². The van der Waals surface area contributed by atoms with E-state index in [1.165, 1.54) is 12.3 Å². The Balaban J connectivity index is 1.84. The lowest BCUT2D eigenvalue weighted by molar-refractivity contribution is 0.347.